The van der Waals surface area contributed by atoms with E-state index in [9.17, 15) is 0 Å². The molecule has 0 spiro atoms. The molecule has 0 rings (SSSR count). The Morgan fingerprint density at radius 1 is 1.25 bits per heavy atom. The van der Waals surface area contributed by atoms with Crippen LogP contribution in [0.2, 0.25) is 0 Å². The van der Waals surface area contributed by atoms with Crippen LogP contribution in [0.3, 0.4) is 0 Å². The summed E-state index contributed by atoms with van der Waals surface area (Å²) in [5, 5.41) is 0. The quantitative estimate of drug-likeness (QED) is 0.279. The van der Waals surface area contributed by atoms with Crippen molar-refractivity contribution in [2.24, 2.45) is 0 Å². The van der Waals surface area contributed by atoms with Crippen molar-refractivity contribution >= 4 is 48.1 Å². The van der Waals surface area contributed by atoms with Crippen LogP contribution in [0.4, 0.5) is 0 Å². The molecule has 0 aliphatic heterocycles. The Morgan fingerprint density at radius 3 is 1.25 bits per heavy atom. The van der Waals surface area contributed by atoms with Crippen LogP contribution in [-0.4, -0.2) is 60.7 Å². The number of hydrogen-bond donors (Lipinski definition) is 2. The SMILES string of the molecule is O.O=S(=O)(O)O.[Ca+2].[H-].[H-].[H-].[Li+]. The minimum absolute atomic E-state index is 0. The second-order valence-corrected chi connectivity index (χ2v) is 1.34. The zero-order chi connectivity index (χ0) is 4.50. The van der Waals surface area contributed by atoms with E-state index in [4.69, 9.17) is 17.5 Å². The van der Waals surface area contributed by atoms with Gasteiger partial charge in [-0.2, -0.15) is 8.42 Å². The largest absolute Gasteiger partial charge is 2.00 e. The fourth-order valence-corrected chi connectivity index (χ4v) is 0. The molecule has 0 unspecified atom stereocenters. The third-order valence-corrected chi connectivity index (χ3v) is 0. The van der Waals surface area contributed by atoms with Crippen molar-refractivity contribution in [2.45, 2.75) is 0 Å². The van der Waals surface area contributed by atoms with Crippen molar-refractivity contribution in [3.8, 4) is 0 Å². The van der Waals surface area contributed by atoms with Gasteiger partial charge in [-0.1, -0.05) is 0 Å². The molecule has 0 aliphatic carbocycles. The zero-order valence-corrected chi connectivity index (χ0v) is 7.35. The van der Waals surface area contributed by atoms with Gasteiger partial charge < -0.3 is 9.76 Å². The molecule has 0 heterocycles. The molecule has 8 heavy (non-hydrogen) atoms. The second kappa shape index (κ2) is 8.69. The average Bonchev–Trinajstić information content (AvgIpc) is 0.722. The van der Waals surface area contributed by atoms with Gasteiger partial charge in [-0.05, 0) is 0 Å². The standard InChI is InChI=1S/Ca.Li.H2O4S.H2O.3H/c;;1-5(2,3)4;;;;/h;;(H2,1,2,3,4);1H2;;;/q+2;+1;;;3*-1. The van der Waals surface area contributed by atoms with Gasteiger partial charge in [0.05, 0.1) is 0 Å². The maximum Gasteiger partial charge on any atom is 2.00 e. The van der Waals surface area contributed by atoms with Crippen molar-refractivity contribution < 1.29 is 46.1 Å². The normalized spacial score (nSPS) is 7.25. The van der Waals surface area contributed by atoms with Crippen LogP contribution in [0.5, 0.6) is 0 Å². The predicted octanol–water partition coefficient (Wildman–Crippen LogP) is -4.52. The van der Waals surface area contributed by atoms with Gasteiger partial charge in [-0.3, -0.25) is 9.11 Å². The molecule has 0 fully saturated rings. The zero-order valence-electron chi connectivity index (χ0n) is 7.33. The van der Waals surface area contributed by atoms with Crippen LogP contribution in [0.25, 0.3) is 0 Å². The summed E-state index contributed by atoms with van der Waals surface area (Å²) in [4.78, 5) is 0. The van der Waals surface area contributed by atoms with Crippen LogP contribution < -0.4 is 18.9 Å². The monoisotopic (exact) mass is 166 g/mol. The molecule has 0 amide bonds. The first-order valence-electron chi connectivity index (χ1n) is 0.698. The third kappa shape index (κ3) is 121. The molecule has 46 valence electrons. The van der Waals surface area contributed by atoms with Gasteiger partial charge in [0.1, 0.15) is 0 Å². The molecular formula is H7CaLiO5S. The topological polar surface area (TPSA) is 106 Å². The molecule has 5 nitrogen and oxygen atoms in total. The van der Waals surface area contributed by atoms with Crippen molar-refractivity contribution in [3.63, 3.8) is 0 Å². The van der Waals surface area contributed by atoms with E-state index in [1.54, 1.807) is 0 Å². The molecule has 0 atom stereocenters. The van der Waals surface area contributed by atoms with E-state index >= 15 is 0 Å². The van der Waals surface area contributed by atoms with E-state index in [1.807, 2.05) is 0 Å². The number of hydrogen-bond acceptors (Lipinski definition) is 2. The van der Waals surface area contributed by atoms with Gasteiger partial charge in [0.15, 0.2) is 0 Å². The number of rotatable bonds is 0. The Balaban J connectivity index is -0.00000000533. The molecular weight excluding hydrogens is 159 g/mol. The summed E-state index contributed by atoms with van der Waals surface area (Å²) in [7, 11) is -4.67. The fourth-order valence-electron chi connectivity index (χ4n) is 0. The molecule has 0 aromatic carbocycles. The molecule has 4 N–H and O–H groups in total. The smallest absolute Gasteiger partial charge is 1.00 e. The maximum absolute atomic E-state index is 8.74. The molecule has 0 saturated heterocycles. The van der Waals surface area contributed by atoms with E-state index in [-0.39, 0.29) is 66.4 Å². The Kier molecular flexibility index (Phi) is 24.5. The van der Waals surface area contributed by atoms with E-state index in [0.29, 0.717) is 0 Å². The fraction of sp³-hybridized carbons (Fsp3) is 0. The van der Waals surface area contributed by atoms with Crippen molar-refractivity contribution in [1.82, 2.24) is 0 Å². The molecule has 8 heteroatoms. The molecule has 0 aromatic rings. The third-order valence-electron chi connectivity index (χ3n) is 0. The van der Waals surface area contributed by atoms with Crippen molar-refractivity contribution in [2.75, 3.05) is 0 Å². The van der Waals surface area contributed by atoms with Crippen LogP contribution in [0.15, 0.2) is 0 Å². The van der Waals surface area contributed by atoms with E-state index in [0.717, 1.165) is 0 Å². The summed E-state index contributed by atoms with van der Waals surface area (Å²) < 4.78 is 31.6. The minimum Gasteiger partial charge on any atom is -1.00 e. The Labute approximate surface area is 93.4 Å². The summed E-state index contributed by atoms with van der Waals surface area (Å²) >= 11 is 0. The van der Waals surface area contributed by atoms with Gasteiger partial charge in [-0.15, -0.1) is 0 Å². The van der Waals surface area contributed by atoms with Crippen molar-refractivity contribution in [3.05, 3.63) is 0 Å². The van der Waals surface area contributed by atoms with Crippen LogP contribution in [0.1, 0.15) is 4.28 Å². The van der Waals surface area contributed by atoms with E-state index in [2.05, 4.69) is 0 Å². The molecule has 0 aromatic heterocycles. The van der Waals surface area contributed by atoms with Gasteiger partial charge in [0, 0.05) is 0 Å². The predicted molar refractivity (Wildman–Crippen MR) is 26.9 cm³/mol. The van der Waals surface area contributed by atoms with Gasteiger partial charge in [-0.25, -0.2) is 0 Å². The van der Waals surface area contributed by atoms with E-state index in [1.165, 1.54) is 0 Å². The first kappa shape index (κ1) is 22.6. The Morgan fingerprint density at radius 2 is 1.25 bits per heavy atom. The minimum atomic E-state index is -4.67. The summed E-state index contributed by atoms with van der Waals surface area (Å²) in [6.45, 7) is 0. The van der Waals surface area contributed by atoms with Crippen LogP contribution >= 0.6 is 0 Å². The van der Waals surface area contributed by atoms with Gasteiger partial charge in [0.2, 0.25) is 0 Å². The first-order valence-corrected chi connectivity index (χ1v) is 2.10. The molecule has 0 bridgehead atoms. The van der Waals surface area contributed by atoms with Gasteiger partial charge >= 0.3 is 67.0 Å². The van der Waals surface area contributed by atoms with Crippen LogP contribution in [0, 0.1) is 0 Å². The van der Waals surface area contributed by atoms with E-state index < -0.39 is 10.4 Å². The van der Waals surface area contributed by atoms with Crippen molar-refractivity contribution in [1.29, 1.82) is 0 Å². The molecule has 0 saturated carbocycles. The maximum atomic E-state index is 8.74. The van der Waals surface area contributed by atoms with Gasteiger partial charge in [0.25, 0.3) is 0 Å². The molecule has 0 aliphatic rings. The molecule has 0 radical (unpaired) electrons. The summed E-state index contributed by atoms with van der Waals surface area (Å²) in [5.74, 6) is 0. The summed E-state index contributed by atoms with van der Waals surface area (Å²) in [5.41, 5.74) is 0. The summed E-state index contributed by atoms with van der Waals surface area (Å²) in [6, 6.07) is 0. The Hall–Kier alpha value is 1.69. The average molecular weight is 166 g/mol. The Bertz CT molecular complexity index is 105. The summed E-state index contributed by atoms with van der Waals surface area (Å²) in [6.07, 6.45) is 0. The first-order chi connectivity index (χ1) is 2.00. The van der Waals surface area contributed by atoms with Crippen LogP contribution in [-0.2, 0) is 10.4 Å². The second-order valence-electron chi connectivity index (χ2n) is 0.448.